The average molecular weight is 302 g/mol. The highest BCUT2D eigenvalue weighted by atomic mass is 32.2. The molecule has 0 saturated carbocycles. The van der Waals surface area contributed by atoms with Gasteiger partial charge in [-0.1, -0.05) is 12.2 Å². The molecule has 0 heterocycles. The van der Waals surface area contributed by atoms with Crippen molar-refractivity contribution in [3.05, 3.63) is 12.2 Å². The maximum atomic E-state index is 12.5. The Morgan fingerprint density at radius 3 is 2.53 bits per heavy atom. The van der Waals surface area contributed by atoms with Crippen LogP contribution in [-0.2, 0) is 19.6 Å². The molecule has 1 aliphatic carbocycles. The van der Waals surface area contributed by atoms with Gasteiger partial charge >= 0.3 is 12.1 Å². The lowest BCUT2D eigenvalue weighted by molar-refractivity contribution is -0.216. The third-order valence-corrected chi connectivity index (χ3v) is 3.27. The number of halogens is 3. The van der Waals surface area contributed by atoms with Crippen molar-refractivity contribution in [2.75, 3.05) is 5.75 Å². The van der Waals surface area contributed by atoms with Gasteiger partial charge in [0, 0.05) is 0 Å². The van der Waals surface area contributed by atoms with E-state index in [-0.39, 0.29) is 0 Å². The number of carbonyl (C=O) groups excluding carboxylic acids is 1. The number of esters is 1. The van der Waals surface area contributed by atoms with Crippen LogP contribution < -0.4 is 0 Å². The van der Waals surface area contributed by atoms with Crippen LogP contribution in [-0.4, -0.2) is 37.0 Å². The van der Waals surface area contributed by atoms with Gasteiger partial charge < -0.3 is 4.74 Å². The first-order valence-electron chi connectivity index (χ1n) is 5.48. The molecule has 2 atom stereocenters. The van der Waals surface area contributed by atoms with Crippen LogP contribution in [0.2, 0.25) is 0 Å². The number of alkyl halides is 3. The molecule has 1 N–H and O–H groups in total. The Kier molecular flexibility index (Phi) is 4.97. The second-order valence-electron chi connectivity index (χ2n) is 4.18. The van der Waals surface area contributed by atoms with Gasteiger partial charge in [-0.15, -0.1) is 0 Å². The lowest BCUT2D eigenvalue weighted by Gasteiger charge is -2.22. The zero-order valence-electron chi connectivity index (χ0n) is 9.76. The summed E-state index contributed by atoms with van der Waals surface area (Å²) in [6.07, 6.45) is -3.09. The molecular formula is C10H13F3O5S. The third-order valence-electron chi connectivity index (χ3n) is 2.54. The highest BCUT2D eigenvalue weighted by molar-refractivity contribution is 7.85. The monoisotopic (exact) mass is 302 g/mol. The van der Waals surface area contributed by atoms with E-state index >= 15 is 0 Å². The second kappa shape index (κ2) is 5.91. The molecule has 0 saturated heterocycles. The Hall–Kier alpha value is -1.09. The van der Waals surface area contributed by atoms with E-state index in [1.807, 2.05) is 0 Å². The summed E-state index contributed by atoms with van der Waals surface area (Å²) in [5.74, 6) is -3.64. The van der Waals surface area contributed by atoms with Crippen LogP contribution in [0.1, 0.15) is 19.3 Å². The highest BCUT2D eigenvalue weighted by Gasteiger charge is 2.46. The van der Waals surface area contributed by atoms with Crippen LogP contribution in [0.5, 0.6) is 0 Å². The summed E-state index contributed by atoms with van der Waals surface area (Å²) in [7, 11) is -4.90. The predicted molar refractivity (Wildman–Crippen MR) is 58.8 cm³/mol. The summed E-state index contributed by atoms with van der Waals surface area (Å²) < 4.78 is 71.1. The van der Waals surface area contributed by atoms with E-state index in [1.165, 1.54) is 6.08 Å². The summed E-state index contributed by atoms with van der Waals surface area (Å²) in [6, 6.07) is 0. The molecule has 1 aliphatic rings. The summed E-state index contributed by atoms with van der Waals surface area (Å²) >= 11 is 0. The molecule has 0 fully saturated rings. The van der Waals surface area contributed by atoms with Crippen molar-refractivity contribution < 1.29 is 35.7 Å². The largest absolute Gasteiger partial charge is 0.451 e. The first-order chi connectivity index (χ1) is 8.59. The van der Waals surface area contributed by atoms with Gasteiger partial charge in [-0.05, 0) is 19.3 Å². The number of hydrogen-bond donors (Lipinski definition) is 1. The Morgan fingerprint density at radius 1 is 1.47 bits per heavy atom. The minimum atomic E-state index is -5.05. The molecule has 0 spiro atoms. The third kappa shape index (κ3) is 5.60. The Balaban J connectivity index is 2.74. The average Bonchev–Trinajstić information content (AvgIpc) is 2.26. The van der Waals surface area contributed by atoms with E-state index in [1.54, 1.807) is 6.08 Å². The Labute approximate surface area is 108 Å². The van der Waals surface area contributed by atoms with Crippen LogP contribution in [0.3, 0.4) is 0 Å². The lowest BCUT2D eigenvalue weighted by Crippen LogP contribution is -2.40. The van der Waals surface area contributed by atoms with Crippen molar-refractivity contribution in [3.63, 3.8) is 0 Å². The van der Waals surface area contributed by atoms with Crippen LogP contribution >= 0.6 is 0 Å². The second-order valence-corrected chi connectivity index (χ2v) is 5.68. The molecule has 2 unspecified atom stereocenters. The van der Waals surface area contributed by atoms with Crippen molar-refractivity contribution in [1.29, 1.82) is 0 Å². The van der Waals surface area contributed by atoms with Gasteiger partial charge in [0.1, 0.15) is 5.75 Å². The topological polar surface area (TPSA) is 80.7 Å². The van der Waals surface area contributed by atoms with E-state index < -0.39 is 40.0 Å². The number of hydrogen-bond acceptors (Lipinski definition) is 4. The van der Waals surface area contributed by atoms with Crippen molar-refractivity contribution in [3.8, 4) is 0 Å². The van der Waals surface area contributed by atoms with Crippen molar-refractivity contribution >= 4 is 16.1 Å². The molecule has 9 heteroatoms. The molecule has 0 amide bonds. The van der Waals surface area contributed by atoms with Gasteiger partial charge in [-0.2, -0.15) is 21.6 Å². The zero-order valence-corrected chi connectivity index (χ0v) is 10.6. The SMILES string of the molecule is O=C(OC(CS(=O)(=O)O)C(F)(F)F)C1C=CCCC1. The molecule has 0 aromatic carbocycles. The number of carbonyl (C=O) groups is 1. The normalized spacial score (nSPS) is 22.0. The number of rotatable bonds is 4. The van der Waals surface area contributed by atoms with Gasteiger partial charge in [0.25, 0.3) is 10.1 Å². The smallest absolute Gasteiger partial charge is 0.426 e. The van der Waals surface area contributed by atoms with Crippen molar-refractivity contribution in [2.24, 2.45) is 5.92 Å². The maximum Gasteiger partial charge on any atom is 0.426 e. The summed E-state index contributed by atoms with van der Waals surface area (Å²) in [6.45, 7) is 0. The maximum absolute atomic E-state index is 12.5. The molecule has 1 rings (SSSR count). The van der Waals surface area contributed by atoms with Gasteiger partial charge in [-0.3, -0.25) is 9.35 Å². The fourth-order valence-corrected chi connectivity index (χ4v) is 2.26. The van der Waals surface area contributed by atoms with Crippen LogP contribution in [0, 0.1) is 5.92 Å². The van der Waals surface area contributed by atoms with Crippen molar-refractivity contribution in [1.82, 2.24) is 0 Å². The number of allylic oxidation sites excluding steroid dienone is 1. The fraction of sp³-hybridized carbons (Fsp3) is 0.700. The first kappa shape index (κ1) is 16.0. The molecule has 110 valence electrons. The van der Waals surface area contributed by atoms with Gasteiger partial charge in [0.2, 0.25) is 6.10 Å². The minimum Gasteiger partial charge on any atom is -0.451 e. The molecule has 19 heavy (non-hydrogen) atoms. The Bertz CT molecular complexity index is 454. The van der Waals surface area contributed by atoms with E-state index in [0.29, 0.717) is 12.8 Å². The lowest BCUT2D eigenvalue weighted by atomic mass is 9.96. The molecular weight excluding hydrogens is 289 g/mol. The summed E-state index contributed by atoms with van der Waals surface area (Å²) in [5, 5.41) is 0. The standard InChI is InChI=1S/C10H13F3O5S/c11-10(12,13)8(6-19(15,16)17)18-9(14)7-4-2-1-3-5-7/h2,4,7-8H,1,3,5-6H2,(H,15,16,17). The van der Waals surface area contributed by atoms with Gasteiger partial charge in [0.15, 0.2) is 0 Å². The predicted octanol–water partition coefficient (Wildman–Crippen LogP) is 1.70. The van der Waals surface area contributed by atoms with E-state index in [2.05, 4.69) is 4.74 Å². The zero-order chi connectivity index (χ0) is 14.7. The van der Waals surface area contributed by atoms with E-state index in [0.717, 1.165) is 6.42 Å². The highest BCUT2D eigenvalue weighted by Crippen LogP contribution is 2.26. The van der Waals surface area contributed by atoms with Crippen LogP contribution in [0.25, 0.3) is 0 Å². The summed E-state index contributed by atoms with van der Waals surface area (Å²) in [5.41, 5.74) is 0. The first-order valence-corrected chi connectivity index (χ1v) is 7.09. The van der Waals surface area contributed by atoms with E-state index in [9.17, 15) is 26.4 Å². The fourth-order valence-electron chi connectivity index (χ4n) is 1.62. The molecule has 0 aliphatic heterocycles. The van der Waals surface area contributed by atoms with Crippen LogP contribution in [0.15, 0.2) is 12.2 Å². The summed E-state index contributed by atoms with van der Waals surface area (Å²) in [4.78, 5) is 11.5. The van der Waals surface area contributed by atoms with Crippen LogP contribution in [0.4, 0.5) is 13.2 Å². The number of ether oxygens (including phenoxy) is 1. The van der Waals surface area contributed by atoms with Crippen molar-refractivity contribution in [2.45, 2.75) is 31.5 Å². The quantitative estimate of drug-likeness (QED) is 0.486. The molecule has 0 aromatic rings. The molecule has 0 bridgehead atoms. The van der Waals surface area contributed by atoms with Gasteiger partial charge in [-0.25, -0.2) is 0 Å². The molecule has 5 nitrogen and oxygen atoms in total. The minimum absolute atomic E-state index is 0.353. The molecule has 0 aromatic heterocycles. The van der Waals surface area contributed by atoms with Gasteiger partial charge in [0.05, 0.1) is 5.92 Å². The Morgan fingerprint density at radius 2 is 2.11 bits per heavy atom. The van der Waals surface area contributed by atoms with E-state index in [4.69, 9.17) is 4.55 Å². The molecule has 0 radical (unpaired) electrons.